The van der Waals surface area contributed by atoms with E-state index in [4.69, 9.17) is 4.74 Å². The molecule has 0 spiro atoms. The highest BCUT2D eigenvalue weighted by molar-refractivity contribution is 5.69. The molecular formula is C18H19NO2. The summed E-state index contributed by atoms with van der Waals surface area (Å²) in [5.74, 6) is 0. The Morgan fingerprint density at radius 2 is 1.81 bits per heavy atom. The van der Waals surface area contributed by atoms with Crippen molar-refractivity contribution in [2.45, 2.75) is 12.2 Å². The summed E-state index contributed by atoms with van der Waals surface area (Å²) in [4.78, 5) is 2.13. The molecule has 108 valence electrons. The van der Waals surface area contributed by atoms with Gasteiger partial charge in [-0.3, -0.25) is 0 Å². The number of rotatable bonds is 3. The summed E-state index contributed by atoms with van der Waals surface area (Å²) in [5, 5.41) is 10.3. The number of hydrogen-bond donors (Lipinski definition) is 1. The monoisotopic (exact) mass is 281 g/mol. The molecule has 0 bridgehead atoms. The maximum absolute atomic E-state index is 10.3. The lowest BCUT2D eigenvalue weighted by molar-refractivity contribution is 0.0150. The number of aliphatic hydroxyl groups excluding tert-OH is 1. The Hall–Kier alpha value is -2.10. The third kappa shape index (κ3) is 2.58. The first-order valence-corrected chi connectivity index (χ1v) is 7.02. The van der Waals surface area contributed by atoms with E-state index in [-0.39, 0.29) is 6.10 Å². The summed E-state index contributed by atoms with van der Waals surface area (Å²) in [6.07, 6.45) is 3.04. The molecule has 0 unspecified atom stereocenters. The third-order valence-electron chi connectivity index (χ3n) is 3.97. The molecule has 3 heteroatoms. The number of para-hydroxylation sites is 1. The Balaban J connectivity index is 1.94. The summed E-state index contributed by atoms with van der Waals surface area (Å²) in [5.41, 5.74) is 4.17. The van der Waals surface area contributed by atoms with E-state index in [0.717, 1.165) is 22.5 Å². The Labute approximate surface area is 125 Å². The van der Waals surface area contributed by atoms with E-state index in [9.17, 15) is 5.11 Å². The van der Waals surface area contributed by atoms with Gasteiger partial charge in [0.2, 0.25) is 0 Å². The van der Waals surface area contributed by atoms with Gasteiger partial charge in [-0.05, 0) is 35.4 Å². The minimum Gasteiger partial charge on any atom is -0.385 e. The fourth-order valence-electron chi connectivity index (χ4n) is 2.67. The lowest BCUT2D eigenvalue weighted by Crippen LogP contribution is -2.22. The lowest BCUT2D eigenvalue weighted by atomic mass is 9.92. The molecule has 0 radical (unpaired) electrons. The van der Waals surface area contributed by atoms with Crippen LogP contribution < -0.4 is 4.90 Å². The van der Waals surface area contributed by atoms with Crippen molar-refractivity contribution in [3.8, 4) is 0 Å². The molecule has 2 aromatic carbocycles. The molecule has 3 rings (SSSR count). The first-order chi connectivity index (χ1) is 10.2. The van der Waals surface area contributed by atoms with Crippen LogP contribution in [0.3, 0.4) is 0 Å². The highest BCUT2D eigenvalue weighted by atomic mass is 16.5. The molecule has 0 aromatic heterocycles. The Kier molecular flexibility index (Phi) is 3.78. The number of fused-ring (bicyclic) bond motifs is 1. The summed E-state index contributed by atoms with van der Waals surface area (Å²) < 4.78 is 5.26. The SMILES string of the molecule is CO[C@@H]1C=Cc2cc(N(C)c3ccccc3)ccc2[C@H]1O. The van der Waals surface area contributed by atoms with Crippen LogP contribution in [0.2, 0.25) is 0 Å². The number of anilines is 2. The minimum atomic E-state index is -0.605. The topological polar surface area (TPSA) is 32.7 Å². The van der Waals surface area contributed by atoms with Crippen LogP contribution >= 0.6 is 0 Å². The second kappa shape index (κ2) is 5.72. The number of benzene rings is 2. The quantitative estimate of drug-likeness (QED) is 0.934. The van der Waals surface area contributed by atoms with E-state index in [1.807, 2.05) is 49.5 Å². The average Bonchev–Trinajstić information content (AvgIpc) is 2.55. The smallest absolute Gasteiger partial charge is 0.109 e. The number of nitrogens with zero attached hydrogens (tertiary/aromatic N) is 1. The van der Waals surface area contributed by atoms with Crippen LogP contribution in [0.5, 0.6) is 0 Å². The normalized spacial score (nSPS) is 20.1. The number of ether oxygens (including phenoxy) is 1. The molecule has 0 fully saturated rings. The average molecular weight is 281 g/mol. The lowest BCUT2D eigenvalue weighted by Gasteiger charge is -2.26. The van der Waals surface area contributed by atoms with Gasteiger partial charge in [-0.2, -0.15) is 0 Å². The zero-order chi connectivity index (χ0) is 14.8. The Bertz CT molecular complexity index is 652. The van der Waals surface area contributed by atoms with E-state index in [1.165, 1.54) is 0 Å². The van der Waals surface area contributed by atoms with Crippen LogP contribution in [0.4, 0.5) is 11.4 Å². The minimum absolute atomic E-state index is 0.268. The van der Waals surface area contributed by atoms with Gasteiger partial charge in [0.05, 0.1) is 0 Å². The molecule has 2 atom stereocenters. The van der Waals surface area contributed by atoms with Gasteiger partial charge in [0, 0.05) is 25.5 Å². The molecule has 0 saturated heterocycles. The number of methoxy groups -OCH3 is 1. The highest BCUT2D eigenvalue weighted by Crippen LogP contribution is 2.33. The van der Waals surface area contributed by atoms with Crippen LogP contribution in [-0.4, -0.2) is 25.4 Å². The first-order valence-electron chi connectivity index (χ1n) is 7.02. The van der Waals surface area contributed by atoms with Crippen LogP contribution in [0, 0.1) is 0 Å². The molecular weight excluding hydrogens is 262 g/mol. The van der Waals surface area contributed by atoms with Crippen molar-refractivity contribution in [2.24, 2.45) is 0 Å². The number of hydrogen-bond acceptors (Lipinski definition) is 3. The van der Waals surface area contributed by atoms with Crippen molar-refractivity contribution in [1.29, 1.82) is 0 Å². The van der Waals surface area contributed by atoms with Gasteiger partial charge in [0.25, 0.3) is 0 Å². The van der Waals surface area contributed by atoms with Crippen molar-refractivity contribution in [2.75, 3.05) is 19.1 Å². The van der Waals surface area contributed by atoms with Gasteiger partial charge in [-0.15, -0.1) is 0 Å². The standard InChI is InChI=1S/C18H19NO2/c1-19(14-6-4-3-5-7-14)15-9-10-16-13(12-15)8-11-17(21-2)18(16)20/h3-12,17-18,20H,1-2H3/t17-,18-/m1/s1. The van der Waals surface area contributed by atoms with Gasteiger partial charge in [-0.25, -0.2) is 0 Å². The molecule has 3 nitrogen and oxygen atoms in total. The van der Waals surface area contributed by atoms with Crippen molar-refractivity contribution in [3.05, 3.63) is 65.7 Å². The van der Waals surface area contributed by atoms with Crippen molar-refractivity contribution in [3.63, 3.8) is 0 Å². The van der Waals surface area contributed by atoms with Crippen molar-refractivity contribution >= 4 is 17.5 Å². The predicted molar refractivity (Wildman–Crippen MR) is 85.7 cm³/mol. The fourth-order valence-corrected chi connectivity index (χ4v) is 2.67. The molecule has 21 heavy (non-hydrogen) atoms. The Morgan fingerprint density at radius 3 is 2.52 bits per heavy atom. The summed E-state index contributed by atoms with van der Waals surface area (Å²) >= 11 is 0. The van der Waals surface area contributed by atoms with E-state index in [1.54, 1.807) is 7.11 Å². The maximum Gasteiger partial charge on any atom is 0.109 e. The third-order valence-corrected chi connectivity index (χ3v) is 3.97. The van der Waals surface area contributed by atoms with Crippen LogP contribution in [0.1, 0.15) is 17.2 Å². The van der Waals surface area contributed by atoms with Crippen LogP contribution in [0.25, 0.3) is 6.08 Å². The second-order valence-electron chi connectivity index (χ2n) is 5.21. The molecule has 0 aliphatic heterocycles. The summed E-state index contributed by atoms with van der Waals surface area (Å²) in [6.45, 7) is 0. The largest absolute Gasteiger partial charge is 0.385 e. The highest BCUT2D eigenvalue weighted by Gasteiger charge is 2.24. The molecule has 2 aromatic rings. The van der Waals surface area contributed by atoms with Gasteiger partial charge < -0.3 is 14.7 Å². The molecule has 0 amide bonds. The molecule has 0 heterocycles. The van der Waals surface area contributed by atoms with E-state index in [0.29, 0.717) is 0 Å². The summed E-state index contributed by atoms with van der Waals surface area (Å²) in [7, 11) is 3.65. The molecule has 1 aliphatic carbocycles. The van der Waals surface area contributed by atoms with E-state index >= 15 is 0 Å². The molecule has 0 saturated carbocycles. The van der Waals surface area contributed by atoms with E-state index in [2.05, 4.69) is 23.1 Å². The van der Waals surface area contributed by atoms with Crippen molar-refractivity contribution in [1.82, 2.24) is 0 Å². The Morgan fingerprint density at radius 1 is 1.05 bits per heavy atom. The maximum atomic E-state index is 10.3. The van der Waals surface area contributed by atoms with Gasteiger partial charge >= 0.3 is 0 Å². The van der Waals surface area contributed by atoms with E-state index < -0.39 is 6.10 Å². The van der Waals surface area contributed by atoms with Gasteiger partial charge in [0.15, 0.2) is 0 Å². The second-order valence-corrected chi connectivity index (χ2v) is 5.21. The van der Waals surface area contributed by atoms with Crippen molar-refractivity contribution < 1.29 is 9.84 Å². The van der Waals surface area contributed by atoms with Crippen LogP contribution in [-0.2, 0) is 4.74 Å². The summed E-state index contributed by atoms with van der Waals surface area (Å²) in [6, 6.07) is 16.3. The zero-order valence-corrected chi connectivity index (χ0v) is 12.2. The van der Waals surface area contributed by atoms with Crippen LogP contribution in [0.15, 0.2) is 54.6 Å². The molecule has 1 aliphatic rings. The predicted octanol–water partition coefficient (Wildman–Crippen LogP) is 3.53. The zero-order valence-electron chi connectivity index (χ0n) is 12.2. The van der Waals surface area contributed by atoms with Gasteiger partial charge in [-0.1, -0.05) is 36.4 Å². The van der Waals surface area contributed by atoms with Gasteiger partial charge in [0.1, 0.15) is 12.2 Å². The fraction of sp³-hybridized carbons (Fsp3) is 0.222. The number of aliphatic hydroxyl groups is 1. The molecule has 1 N–H and O–H groups in total. The first kappa shape index (κ1) is 13.9.